The molecule has 0 saturated heterocycles. The van der Waals surface area contributed by atoms with Crippen molar-refractivity contribution in [1.29, 1.82) is 0 Å². The minimum atomic E-state index is -3.47. The van der Waals surface area contributed by atoms with Crippen molar-refractivity contribution >= 4 is 10.0 Å². The van der Waals surface area contributed by atoms with Gasteiger partial charge in [-0.2, -0.15) is 4.31 Å². The number of aryl methyl sites for hydroxylation is 2. The van der Waals surface area contributed by atoms with Gasteiger partial charge >= 0.3 is 0 Å². The van der Waals surface area contributed by atoms with E-state index in [4.69, 9.17) is 5.11 Å². The Balaban J connectivity index is 1.93. The highest BCUT2D eigenvalue weighted by Gasteiger charge is 2.34. The molecule has 4 nitrogen and oxygen atoms in total. The fourth-order valence-electron chi connectivity index (χ4n) is 3.12. The number of aliphatic hydroxyl groups excluding tert-OH is 1. The first kappa shape index (κ1) is 14.0. The van der Waals surface area contributed by atoms with E-state index in [2.05, 4.69) is 0 Å². The van der Waals surface area contributed by atoms with Gasteiger partial charge in [-0.25, -0.2) is 8.42 Å². The van der Waals surface area contributed by atoms with Gasteiger partial charge in [0.05, 0.1) is 11.5 Å². The van der Waals surface area contributed by atoms with Crippen LogP contribution in [0.2, 0.25) is 0 Å². The molecule has 5 heteroatoms. The lowest BCUT2D eigenvalue weighted by molar-refractivity contribution is 0.178. The molecule has 110 valence electrons. The average Bonchev–Trinajstić information content (AvgIpc) is 2.83. The highest BCUT2D eigenvalue weighted by molar-refractivity contribution is 7.89. The molecule has 0 aromatic heterocycles. The summed E-state index contributed by atoms with van der Waals surface area (Å²) in [5.74, 6) is 0. The van der Waals surface area contributed by atoms with Crippen LogP contribution in [0.5, 0.6) is 0 Å². The van der Waals surface area contributed by atoms with Crippen molar-refractivity contribution in [2.75, 3.05) is 13.2 Å². The van der Waals surface area contributed by atoms with Crippen molar-refractivity contribution in [3.8, 4) is 0 Å². The van der Waals surface area contributed by atoms with Crippen molar-refractivity contribution in [2.45, 2.75) is 49.5 Å². The SMILES string of the molecule is O=S(=O)(c1ccc2c(c1)CCC2)N(CCO)C1CCC1. The number of benzene rings is 1. The number of fused-ring (bicyclic) bond motifs is 1. The summed E-state index contributed by atoms with van der Waals surface area (Å²) in [6.07, 6.45) is 6.03. The van der Waals surface area contributed by atoms with E-state index >= 15 is 0 Å². The molecule has 3 rings (SSSR count). The summed E-state index contributed by atoms with van der Waals surface area (Å²) in [5.41, 5.74) is 2.45. The predicted octanol–water partition coefficient (Wildman–Crippen LogP) is 1.71. The Bertz CT molecular complexity index is 593. The number of nitrogens with zero attached hydrogens (tertiary/aromatic N) is 1. The van der Waals surface area contributed by atoms with Crippen molar-refractivity contribution in [2.24, 2.45) is 0 Å². The Hall–Kier alpha value is -0.910. The molecule has 1 fully saturated rings. The molecule has 0 bridgehead atoms. The third-order valence-corrected chi connectivity index (χ3v) is 6.43. The summed E-state index contributed by atoms with van der Waals surface area (Å²) >= 11 is 0. The smallest absolute Gasteiger partial charge is 0.243 e. The summed E-state index contributed by atoms with van der Waals surface area (Å²) in [5, 5.41) is 9.16. The van der Waals surface area contributed by atoms with Crippen LogP contribution in [0.25, 0.3) is 0 Å². The Morgan fingerprint density at radius 2 is 1.90 bits per heavy atom. The number of sulfonamides is 1. The van der Waals surface area contributed by atoms with Crippen LogP contribution < -0.4 is 0 Å². The van der Waals surface area contributed by atoms with Crippen LogP contribution in [-0.2, 0) is 22.9 Å². The van der Waals surface area contributed by atoms with Gasteiger partial charge in [-0.15, -0.1) is 0 Å². The second kappa shape index (κ2) is 5.47. The molecule has 0 atom stereocenters. The molecule has 1 saturated carbocycles. The molecular weight excluding hydrogens is 274 g/mol. The Labute approximate surface area is 120 Å². The maximum Gasteiger partial charge on any atom is 0.243 e. The van der Waals surface area contributed by atoms with Crippen LogP contribution in [0.3, 0.4) is 0 Å². The first-order chi connectivity index (χ1) is 9.63. The van der Waals surface area contributed by atoms with E-state index in [1.54, 1.807) is 6.07 Å². The van der Waals surface area contributed by atoms with Gasteiger partial charge < -0.3 is 5.11 Å². The number of aliphatic hydroxyl groups is 1. The zero-order valence-electron chi connectivity index (χ0n) is 11.6. The largest absolute Gasteiger partial charge is 0.395 e. The van der Waals surface area contributed by atoms with Crippen molar-refractivity contribution in [3.63, 3.8) is 0 Å². The number of rotatable bonds is 5. The first-order valence-corrected chi connectivity index (χ1v) is 8.81. The lowest BCUT2D eigenvalue weighted by Gasteiger charge is -2.36. The summed E-state index contributed by atoms with van der Waals surface area (Å²) < 4.78 is 27.0. The van der Waals surface area contributed by atoms with Gasteiger partial charge in [0.1, 0.15) is 0 Å². The molecule has 0 spiro atoms. The highest BCUT2D eigenvalue weighted by atomic mass is 32.2. The maximum absolute atomic E-state index is 12.8. The molecule has 1 N–H and O–H groups in total. The summed E-state index contributed by atoms with van der Waals surface area (Å²) in [7, 11) is -3.47. The second-order valence-electron chi connectivity index (χ2n) is 5.71. The topological polar surface area (TPSA) is 57.6 Å². The van der Waals surface area contributed by atoms with E-state index in [0.29, 0.717) is 4.90 Å². The quantitative estimate of drug-likeness (QED) is 0.899. The molecule has 2 aliphatic rings. The van der Waals surface area contributed by atoms with E-state index in [0.717, 1.165) is 38.5 Å². The molecule has 0 aliphatic heterocycles. The van der Waals surface area contributed by atoms with E-state index in [-0.39, 0.29) is 19.2 Å². The molecule has 1 aromatic carbocycles. The van der Waals surface area contributed by atoms with Crippen LogP contribution in [0.15, 0.2) is 23.1 Å². The molecule has 0 heterocycles. The molecule has 2 aliphatic carbocycles. The molecule has 1 aromatic rings. The Kier molecular flexibility index (Phi) is 3.84. The van der Waals surface area contributed by atoms with Crippen molar-refractivity contribution in [1.82, 2.24) is 4.31 Å². The van der Waals surface area contributed by atoms with Crippen LogP contribution >= 0.6 is 0 Å². The van der Waals surface area contributed by atoms with E-state index < -0.39 is 10.0 Å². The van der Waals surface area contributed by atoms with Crippen molar-refractivity contribution in [3.05, 3.63) is 29.3 Å². The molecule has 0 unspecified atom stereocenters. The second-order valence-corrected chi connectivity index (χ2v) is 7.60. The van der Waals surface area contributed by atoms with Gasteiger partial charge in [0.15, 0.2) is 0 Å². The van der Waals surface area contributed by atoms with Gasteiger partial charge in [-0.1, -0.05) is 12.5 Å². The normalized spacial score (nSPS) is 19.1. The summed E-state index contributed by atoms with van der Waals surface area (Å²) in [6, 6.07) is 5.58. The maximum atomic E-state index is 12.8. The third kappa shape index (κ3) is 2.38. The van der Waals surface area contributed by atoms with Gasteiger partial charge in [0, 0.05) is 12.6 Å². The molecule has 20 heavy (non-hydrogen) atoms. The number of hydrogen-bond acceptors (Lipinski definition) is 3. The van der Waals surface area contributed by atoms with Gasteiger partial charge in [0.25, 0.3) is 0 Å². The highest BCUT2D eigenvalue weighted by Crippen LogP contribution is 2.31. The zero-order chi connectivity index (χ0) is 14.2. The van der Waals surface area contributed by atoms with Gasteiger partial charge in [-0.05, 0) is 55.4 Å². The van der Waals surface area contributed by atoms with Crippen LogP contribution in [-0.4, -0.2) is 37.0 Å². The van der Waals surface area contributed by atoms with Crippen molar-refractivity contribution < 1.29 is 13.5 Å². The van der Waals surface area contributed by atoms with E-state index in [9.17, 15) is 8.42 Å². The van der Waals surface area contributed by atoms with E-state index in [1.807, 2.05) is 12.1 Å². The summed E-state index contributed by atoms with van der Waals surface area (Å²) in [6.45, 7) is 0.0742. The average molecular weight is 295 g/mol. The lowest BCUT2D eigenvalue weighted by atomic mass is 9.93. The zero-order valence-corrected chi connectivity index (χ0v) is 12.4. The fourth-order valence-corrected chi connectivity index (χ4v) is 4.84. The Morgan fingerprint density at radius 1 is 1.15 bits per heavy atom. The van der Waals surface area contributed by atoms with Crippen LogP contribution in [0.1, 0.15) is 36.8 Å². The Morgan fingerprint density at radius 3 is 2.55 bits per heavy atom. The van der Waals surface area contributed by atoms with Crippen LogP contribution in [0.4, 0.5) is 0 Å². The first-order valence-electron chi connectivity index (χ1n) is 7.37. The number of hydrogen-bond donors (Lipinski definition) is 1. The van der Waals surface area contributed by atoms with E-state index in [1.165, 1.54) is 15.4 Å². The summed E-state index contributed by atoms with van der Waals surface area (Å²) in [4.78, 5) is 0.387. The van der Waals surface area contributed by atoms with Gasteiger partial charge in [0.2, 0.25) is 10.0 Å². The monoisotopic (exact) mass is 295 g/mol. The van der Waals surface area contributed by atoms with Gasteiger partial charge in [-0.3, -0.25) is 0 Å². The molecule has 0 amide bonds. The standard InChI is InChI=1S/C15H21NO3S/c17-10-9-16(14-5-2-6-14)20(18,19)15-8-7-12-3-1-4-13(12)11-15/h7-8,11,14,17H,1-6,9-10H2. The fraction of sp³-hybridized carbons (Fsp3) is 0.600. The van der Waals surface area contributed by atoms with Crippen LogP contribution in [0, 0.1) is 0 Å². The lowest BCUT2D eigenvalue weighted by Crippen LogP contribution is -2.45. The predicted molar refractivity (Wildman–Crippen MR) is 77.1 cm³/mol. The minimum Gasteiger partial charge on any atom is -0.395 e. The third-order valence-electron chi connectivity index (χ3n) is 4.48. The minimum absolute atomic E-state index is 0.0698. The molecular formula is C15H21NO3S. The molecule has 0 radical (unpaired) electrons.